The molecule has 4 heterocycles. The minimum Gasteiger partial charge on any atom is -0.372 e. The van der Waals surface area contributed by atoms with Crippen LogP contribution in [0.1, 0.15) is 25.7 Å². The van der Waals surface area contributed by atoms with Crippen LogP contribution in [0.3, 0.4) is 0 Å². The van der Waals surface area contributed by atoms with Gasteiger partial charge in [-0.3, -0.25) is 9.80 Å². The van der Waals surface area contributed by atoms with E-state index in [1.165, 1.54) is 38.8 Å². The van der Waals surface area contributed by atoms with Gasteiger partial charge in [-0.05, 0) is 42.9 Å². The van der Waals surface area contributed by atoms with Crippen molar-refractivity contribution in [1.82, 2.24) is 9.80 Å². The summed E-state index contributed by atoms with van der Waals surface area (Å²) in [6.07, 6.45) is 7.66. The zero-order valence-corrected chi connectivity index (χ0v) is 16.4. The van der Waals surface area contributed by atoms with E-state index in [0.29, 0.717) is 29.8 Å². The number of hydrogen-bond donors (Lipinski definition) is 0. The molecule has 0 N–H and O–H groups in total. The summed E-state index contributed by atoms with van der Waals surface area (Å²) in [7, 11) is 0. The van der Waals surface area contributed by atoms with Crippen molar-refractivity contribution in [1.29, 1.82) is 0 Å². The van der Waals surface area contributed by atoms with Crippen molar-refractivity contribution in [3.63, 3.8) is 0 Å². The van der Waals surface area contributed by atoms with Crippen molar-refractivity contribution in [2.75, 3.05) is 65.7 Å². The van der Waals surface area contributed by atoms with Gasteiger partial charge in [-0.1, -0.05) is 0 Å². The molecule has 4 aliphatic heterocycles. The predicted octanol–water partition coefficient (Wildman–Crippen LogP) is 0.992. The summed E-state index contributed by atoms with van der Waals surface area (Å²) in [4.78, 5) is 5.36. The van der Waals surface area contributed by atoms with E-state index in [2.05, 4.69) is 9.80 Å². The van der Waals surface area contributed by atoms with E-state index in [1.807, 2.05) is 0 Å². The van der Waals surface area contributed by atoms with Crippen molar-refractivity contribution in [2.45, 2.75) is 50.1 Å². The maximum atomic E-state index is 5.56. The van der Waals surface area contributed by atoms with Crippen molar-refractivity contribution in [3.8, 4) is 0 Å². The van der Waals surface area contributed by atoms with Gasteiger partial charge in [-0.25, -0.2) is 0 Å². The Morgan fingerprint density at radius 3 is 1.70 bits per heavy atom. The number of hydrogen-bond acceptors (Lipinski definition) is 6. The Bertz CT molecular complexity index is 518. The molecule has 4 saturated heterocycles. The van der Waals surface area contributed by atoms with Gasteiger partial charge in [0.1, 0.15) is 0 Å². The molecular weight excluding hydrogens is 344 g/mol. The van der Waals surface area contributed by atoms with Crippen molar-refractivity contribution in [3.05, 3.63) is 0 Å². The third kappa shape index (κ3) is 4.36. The van der Waals surface area contributed by atoms with Crippen LogP contribution in [0.15, 0.2) is 0 Å². The second kappa shape index (κ2) is 6.92. The maximum Gasteiger partial charge on any atom is 0.0936 e. The lowest BCUT2D eigenvalue weighted by atomic mass is 9.74. The van der Waals surface area contributed by atoms with Crippen LogP contribution in [-0.4, -0.2) is 99.9 Å². The van der Waals surface area contributed by atoms with Crippen LogP contribution < -0.4 is 0 Å². The molecule has 2 aliphatic carbocycles. The Morgan fingerprint density at radius 1 is 0.704 bits per heavy atom. The summed E-state index contributed by atoms with van der Waals surface area (Å²) < 4.78 is 22.2. The first-order valence-electron chi connectivity index (χ1n) is 11.2. The van der Waals surface area contributed by atoms with Gasteiger partial charge in [-0.15, -0.1) is 0 Å². The fourth-order valence-corrected chi connectivity index (χ4v) is 6.07. The molecule has 6 aliphatic rings. The Balaban J connectivity index is 1.13. The first-order chi connectivity index (χ1) is 13.2. The molecule has 6 rings (SSSR count). The first kappa shape index (κ1) is 17.6. The largest absolute Gasteiger partial charge is 0.372 e. The zero-order valence-electron chi connectivity index (χ0n) is 16.4. The van der Waals surface area contributed by atoms with Crippen LogP contribution in [-0.2, 0) is 18.9 Å². The molecule has 27 heavy (non-hydrogen) atoms. The quantitative estimate of drug-likeness (QED) is 0.472. The molecule has 2 bridgehead atoms. The Hall–Kier alpha value is -0.240. The second-order valence-electron chi connectivity index (χ2n) is 10.1. The first-order valence-corrected chi connectivity index (χ1v) is 11.2. The summed E-state index contributed by atoms with van der Waals surface area (Å²) in [6.45, 7) is 10.7. The van der Waals surface area contributed by atoms with E-state index in [9.17, 15) is 0 Å². The molecule has 0 aromatic carbocycles. The molecule has 6 nitrogen and oxygen atoms in total. The predicted molar refractivity (Wildman–Crippen MR) is 99.7 cm³/mol. The van der Waals surface area contributed by atoms with Crippen LogP contribution in [0.25, 0.3) is 0 Å². The number of rotatable bonds is 12. The smallest absolute Gasteiger partial charge is 0.0936 e. The van der Waals surface area contributed by atoms with Gasteiger partial charge >= 0.3 is 0 Å². The molecule has 152 valence electrons. The normalized spacial score (nSPS) is 46.4. The average Bonchev–Trinajstić information content (AvgIpc) is 3.45. The fourth-order valence-electron chi connectivity index (χ4n) is 6.07. The SMILES string of the molecule is C1CC2(CN(CC3CO3)CC3CO3)CC1CC2CN(CC1CO1)CC1CO1. The van der Waals surface area contributed by atoms with E-state index in [1.54, 1.807) is 0 Å². The molecule has 0 aromatic rings. The van der Waals surface area contributed by atoms with Crippen molar-refractivity contribution in [2.24, 2.45) is 17.3 Å². The lowest BCUT2D eigenvalue weighted by Gasteiger charge is -2.41. The zero-order chi connectivity index (χ0) is 17.8. The highest BCUT2D eigenvalue weighted by Crippen LogP contribution is 2.58. The van der Waals surface area contributed by atoms with Crippen molar-refractivity contribution < 1.29 is 18.9 Å². The standard InChI is InChI=1S/C21H34N2O4/c1-2-21(14-23(8-19-12-26-19)9-20-13-27-20)4-15(1)3-16(21)5-22(6-17-10-24-17)7-18-11-25-18/h15-20H,1-14H2. The van der Waals surface area contributed by atoms with Gasteiger partial charge in [-0.2, -0.15) is 0 Å². The third-order valence-corrected chi connectivity index (χ3v) is 7.70. The monoisotopic (exact) mass is 378 g/mol. The van der Waals surface area contributed by atoms with E-state index < -0.39 is 0 Å². The van der Waals surface area contributed by atoms with E-state index in [-0.39, 0.29) is 0 Å². The summed E-state index contributed by atoms with van der Waals surface area (Å²) in [5.41, 5.74) is 0.515. The Kier molecular flexibility index (Phi) is 4.51. The van der Waals surface area contributed by atoms with Crippen LogP contribution in [0.4, 0.5) is 0 Å². The number of nitrogens with zero attached hydrogens (tertiary/aromatic N) is 2. The summed E-state index contributed by atoms with van der Waals surface area (Å²) in [6, 6.07) is 0. The fraction of sp³-hybridized carbons (Fsp3) is 1.00. The van der Waals surface area contributed by atoms with E-state index >= 15 is 0 Å². The topological polar surface area (TPSA) is 56.6 Å². The molecule has 6 fully saturated rings. The van der Waals surface area contributed by atoms with Gasteiger partial charge < -0.3 is 18.9 Å². The molecule has 2 saturated carbocycles. The molecule has 0 spiro atoms. The Morgan fingerprint density at radius 2 is 1.22 bits per heavy atom. The summed E-state index contributed by atoms with van der Waals surface area (Å²) >= 11 is 0. The van der Waals surface area contributed by atoms with Gasteiger partial charge in [0.2, 0.25) is 0 Å². The van der Waals surface area contributed by atoms with E-state index in [4.69, 9.17) is 18.9 Å². The van der Waals surface area contributed by atoms with Gasteiger partial charge in [0, 0.05) is 39.3 Å². The highest BCUT2D eigenvalue weighted by atomic mass is 16.6. The summed E-state index contributed by atoms with van der Waals surface area (Å²) in [5, 5.41) is 0. The molecule has 0 radical (unpaired) electrons. The van der Waals surface area contributed by atoms with Crippen molar-refractivity contribution >= 4 is 0 Å². The molecule has 6 heteroatoms. The minimum atomic E-state index is 0.479. The van der Waals surface area contributed by atoms with E-state index in [0.717, 1.165) is 64.4 Å². The minimum absolute atomic E-state index is 0.479. The van der Waals surface area contributed by atoms with Crippen LogP contribution >= 0.6 is 0 Å². The third-order valence-electron chi connectivity index (χ3n) is 7.70. The maximum absolute atomic E-state index is 5.56. The van der Waals surface area contributed by atoms with Gasteiger partial charge in [0.05, 0.1) is 50.8 Å². The number of fused-ring (bicyclic) bond motifs is 2. The van der Waals surface area contributed by atoms with Crippen LogP contribution in [0, 0.1) is 17.3 Å². The molecular formula is C21H34N2O4. The van der Waals surface area contributed by atoms with Crippen LogP contribution in [0.2, 0.25) is 0 Å². The van der Waals surface area contributed by atoms with Crippen LogP contribution in [0.5, 0.6) is 0 Å². The molecule has 7 atom stereocenters. The summed E-state index contributed by atoms with van der Waals surface area (Å²) in [5.74, 6) is 1.79. The lowest BCUT2D eigenvalue weighted by molar-refractivity contribution is 0.0635. The number of ether oxygens (including phenoxy) is 4. The Labute approximate surface area is 162 Å². The average molecular weight is 379 g/mol. The second-order valence-corrected chi connectivity index (χ2v) is 10.1. The lowest BCUT2D eigenvalue weighted by Crippen LogP contribution is -2.47. The van der Waals surface area contributed by atoms with Gasteiger partial charge in [0.15, 0.2) is 0 Å². The molecule has 0 aromatic heterocycles. The van der Waals surface area contributed by atoms with Gasteiger partial charge in [0.25, 0.3) is 0 Å². The molecule has 0 amide bonds. The highest BCUT2D eigenvalue weighted by Gasteiger charge is 2.53. The number of epoxide rings is 4. The molecule has 7 unspecified atom stereocenters. The highest BCUT2D eigenvalue weighted by molar-refractivity contribution is 5.04.